The van der Waals surface area contributed by atoms with Crippen LogP contribution in [-0.4, -0.2) is 104 Å². The van der Waals surface area contributed by atoms with Crippen molar-refractivity contribution in [2.75, 3.05) is 68.0 Å². The summed E-state index contributed by atoms with van der Waals surface area (Å²) in [5.74, 6) is 2.37. The van der Waals surface area contributed by atoms with Crippen LogP contribution in [0.25, 0.3) is 22.6 Å². The molecule has 5 rings (SSSR count). The van der Waals surface area contributed by atoms with Gasteiger partial charge in [-0.25, -0.2) is 24.9 Å². The highest BCUT2D eigenvalue weighted by molar-refractivity contribution is 5.88. The predicted molar refractivity (Wildman–Crippen MR) is 139 cm³/mol. The monoisotopic (exact) mass is 510 g/mol. The van der Waals surface area contributed by atoms with Crippen LogP contribution in [-0.2, 0) is 16.1 Å². The number of anilines is 3. The van der Waals surface area contributed by atoms with E-state index in [1.54, 1.807) is 17.3 Å². The molecular weight excluding hydrogens is 476 g/mol. The first-order valence-corrected chi connectivity index (χ1v) is 12.7. The van der Waals surface area contributed by atoms with E-state index in [2.05, 4.69) is 38.2 Å². The fraction of sp³-hybridized carbons (Fsp3) is 0.583. The molecule has 198 valence electrons. The van der Waals surface area contributed by atoms with Gasteiger partial charge in [0.25, 0.3) is 5.91 Å². The number of piperazine rings is 1. The lowest BCUT2D eigenvalue weighted by molar-refractivity contribution is -0.139. The first-order chi connectivity index (χ1) is 17.8. The maximum absolute atomic E-state index is 12.3. The second kappa shape index (κ2) is 10.4. The first-order valence-electron chi connectivity index (χ1n) is 12.7. The molecule has 0 spiro atoms. The summed E-state index contributed by atoms with van der Waals surface area (Å²) in [7, 11) is 0. The number of aliphatic hydroxyl groups is 1. The van der Waals surface area contributed by atoms with Crippen LogP contribution >= 0.6 is 0 Å². The summed E-state index contributed by atoms with van der Waals surface area (Å²) in [5.41, 5.74) is 7.87. The molecule has 0 aliphatic carbocycles. The standard InChI is InChI=1S/C24H34N10O3/c1-15(2)14-34-21-18(28-24(34)33-6-4-32(5-7-33)22(36)16(3)35)20(31-8-10-37-11-9-31)29-19(30-21)17-12-26-23(25)27-13-17/h12-13,15-16,35H,4-11,14H2,1-3H3,(H2,25,26,27)/t16-/m1/s1. The van der Waals surface area contributed by atoms with Crippen LogP contribution in [0.4, 0.5) is 17.7 Å². The predicted octanol–water partition coefficient (Wildman–Crippen LogP) is 0.388. The van der Waals surface area contributed by atoms with E-state index < -0.39 is 6.10 Å². The molecule has 37 heavy (non-hydrogen) atoms. The molecule has 3 aromatic rings. The van der Waals surface area contributed by atoms with E-state index in [-0.39, 0.29) is 11.9 Å². The Morgan fingerprint density at radius 2 is 1.68 bits per heavy atom. The van der Waals surface area contributed by atoms with E-state index in [9.17, 15) is 9.90 Å². The molecule has 3 N–H and O–H groups in total. The highest BCUT2D eigenvalue weighted by atomic mass is 16.5. The van der Waals surface area contributed by atoms with Gasteiger partial charge in [-0.3, -0.25) is 9.36 Å². The summed E-state index contributed by atoms with van der Waals surface area (Å²) >= 11 is 0. The molecule has 0 radical (unpaired) electrons. The van der Waals surface area contributed by atoms with Crippen molar-refractivity contribution in [1.82, 2.24) is 34.4 Å². The number of imidazole rings is 1. The fourth-order valence-electron chi connectivity index (χ4n) is 4.72. The molecule has 0 saturated carbocycles. The molecular formula is C24H34N10O3. The Labute approximate surface area is 215 Å². The number of nitrogens with two attached hydrogens (primary N) is 1. The largest absolute Gasteiger partial charge is 0.384 e. The average Bonchev–Trinajstić information content (AvgIpc) is 3.26. The molecule has 2 saturated heterocycles. The third kappa shape index (κ3) is 5.14. The van der Waals surface area contributed by atoms with Gasteiger partial charge in [0.05, 0.1) is 18.8 Å². The Morgan fingerprint density at radius 3 is 2.30 bits per heavy atom. The van der Waals surface area contributed by atoms with Gasteiger partial charge in [-0.05, 0) is 12.8 Å². The van der Waals surface area contributed by atoms with E-state index in [1.807, 2.05) is 0 Å². The summed E-state index contributed by atoms with van der Waals surface area (Å²) in [5, 5.41) is 9.72. The molecule has 13 heteroatoms. The Balaban J connectivity index is 1.60. The number of morpholine rings is 1. The second-order valence-electron chi connectivity index (χ2n) is 9.88. The maximum Gasteiger partial charge on any atom is 0.251 e. The van der Waals surface area contributed by atoms with E-state index in [0.717, 1.165) is 29.5 Å². The zero-order valence-electron chi connectivity index (χ0n) is 21.5. The van der Waals surface area contributed by atoms with Gasteiger partial charge >= 0.3 is 0 Å². The number of amides is 1. The molecule has 0 unspecified atom stereocenters. The van der Waals surface area contributed by atoms with Crippen LogP contribution in [0.2, 0.25) is 0 Å². The van der Waals surface area contributed by atoms with Crippen molar-refractivity contribution in [1.29, 1.82) is 0 Å². The number of aromatic nitrogens is 6. The fourth-order valence-corrected chi connectivity index (χ4v) is 4.72. The Morgan fingerprint density at radius 1 is 1.00 bits per heavy atom. The quantitative estimate of drug-likeness (QED) is 0.474. The van der Waals surface area contributed by atoms with Gasteiger partial charge in [0.2, 0.25) is 11.9 Å². The van der Waals surface area contributed by atoms with Gasteiger partial charge in [0.1, 0.15) is 6.10 Å². The summed E-state index contributed by atoms with van der Waals surface area (Å²) < 4.78 is 7.73. The average molecular weight is 511 g/mol. The van der Waals surface area contributed by atoms with Crippen LogP contribution in [0.3, 0.4) is 0 Å². The lowest BCUT2D eigenvalue weighted by Gasteiger charge is -2.36. The van der Waals surface area contributed by atoms with E-state index in [0.29, 0.717) is 69.8 Å². The van der Waals surface area contributed by atoms with Gasteiger partial charge < -0.3 is 30.3 Å². The molecule has 2 aliphatic heterocycles. The molecule has 1 amide bonds. The summed E-state index contributed by atoms with van der Waals surface area (Å²) in [4.78, 5) is 41.6. The van der Waals surface area contributed by atoms with Crippen LogP contribution < -0.4 is 15.5 Å². The lowest BCUT2D eigenvalue weighted by atomic mass is 10.2. The van der Waals surface area contributed by atoms with Gasteiger partial charge in [-0.15, -0.1) is 0 Å². The van der Waals surface area contributed by atoms with Crippen molar-refractivity contribution in [3.8, 4) is 11.4 Å². The smallest absolute Gasteiger partial charge is 0.251 e. The first kappa shape index (κ1) is 25.1. The summed E-state index contributed by atoms with van der Waals surface area (Å²) in [6.07, 6.45) is 2.27. The number of hydrogen-bond donors (Lipinski definition) is 2. The number of hydrogen-bond acceptors (Lipinski definition) is 11. The zero-order valence-corrected chi connectivity index (χ0v) is 21.5. The third-order valence-corrected chi connectivity index (χ3v) is 6.58. The number of nitrogen functional groups attached to an aromatic ring is 1. The molecule has 2 aliphatic rings. The number of aliphatic hydroxyl groups excluding tert-OH is 1. The summed E-state index contributed by atoms with van der Waals surface area (Å²) in [6.45, 7) is 11.4. The number of rotatable bonds is 6. The van der Waals surface area contributed by atoms with Gasteiger partial charge in [-0.2, -0.15) is 0 Å². The van der Waals surface area contributed by atoms with Crippen molar-refractivity contribution in [2.24, 2.45) is 5.92 Å². The normalized spacial score (nSPS) is 17.6. The van der Waals surface area contributed by atoms with E-state index in [4.69, 9.17) is 25.4 Å². The van der Waals surface area contributed by atoms with Crippen molar-refractivity contribution >= 4 is 34.8 Å². The van der Waals surface area contributed by atoms with Crippen LogP contribution in [0.5, 0.6) is 0 Å². The Hall–Kier alpha value is -3.58. The van der Waals surface area contributed by atoms with Crippen LogP contribution in [0.1, 0.15) is 20.8 Å². The molecule has 0 aromatic carbocycles. The van der Waals surface area contributed by atoms with Crippen molar-refractivity contribution in [3.05, 3.63) is 12.4 Å². The maximum atomic E-state index is 12.3. The third-order valence-electron chi connectivity index (χ3n) is 6.58. The highest BCUT2D eigenvalue weighted by Gasteiger charge is 2.29. The Bertz CT molecular complexity index is 1250. The number of carbonyl (C=O) groups excluding carboxylic acids is 1. The number of nitrogens with zero attached hydrogens (tertiary/aromatic N) is 9. The SMILES string of the molecule is CC(C)Cn1c(N2CCN(C(=O)[C@@H](C)O)CC2)nc2c(N3CCOCC3)nc(-c3cnc(N)nc3)nc21. The second-order valence-corrected chi connectivity index (χ2v) is 9.88. The topological polar surface area (TPSA) is 152 Å². The van der Waals surface area contributed by atoms with E-state index >= 15 is 0 Å². The minimum absolute atomic E-state index is 0.193. The van der Waals surface area contributed by atoms with Crippen LogP contribution in [0.15, 0.2) is 12.4 Å². The minimum atomic E-state index is -1.00. The van der Waals surface area contributed by atoms with Gasteiger partial charge in [0.15, 0.2) is 22.8 Å². The number of fused-ring (bicyclic) bond motifs is 1. The zero-order chi connectivity index (χ0) is 26.1. The van der Waals surface area contributed by atoms with Crippen LogP contribution in [0, 0.1) is 5.92 Å². The van der Waals surface area contributed by atoms with Crippen molar-refractivity contribution in [3.63, 3.8) is 0 Å². The molecule has 0 bridgehead atoms. The minimum Gasteiger partial charge on any atom is -0.384 e. The van der Waals surface area contributed by atoms with Gasteiger partial charge in [-0.1, -0.05) is 13.8 Å². The summed E-state index contributed by atoms with van der Waals surface area (Å²) in [6, 6.07) is 0. The molecule has 3 aromatic heterocycles. The van der Waals surface area contributed by atoms with Crippen molar-refractivity contribution in [2.45, 2.75) is 33.4 Å². The molecule has 1 atom stereocenters. The molecule has 13 nitrogen and oxygen atoms in total. The molecule has 2 fully saturated rings. The van der Waals surface area contributed by atoms with E-state index in [1.165, 1.54) is 6.92 Å². The number of carbonyl (C=O) groups is 1. The number of ether oxygens (including phenoxy) is 1. The lowest BCUT2D eigenvalue weighted by Crippen LogP contribution is -2.51. The molecule has 5 heterocycles. The van der Waals surface area contributed by atoms with Gasteiger partial charge in [0, 0.05) is 58.2 Å². The Kier molecular flexibility index (Phi) is 7.07. The van der Waals surface area contributed by atoms with Crippen molar-refractivity contribution < 1.29 is 14.6 Å². The highest BCUT2D eigenvalue weighted by Crippen LogP contribution is 2.32.